The molecule has 3 heteroatoms. The zero-order valence-electron chi connectivity index (χ0n) is 10.0. The fraction of sp³-hybridized carbons (Fsp3) is 0.357. The summed E-state index contributed by atoms with van der Waals surface area (Å²) in [5.41, 5.74) is 2.07. The Balaban J connectivity index is 2.04. The number of nitrogens with zero attached hydrogens (tertiary/aromatic N) is 1. The van der Waals surface area contributed by atoms with Gasteiger partial charge in [-0.05, 0) is 38.4 Å². The number of H-pyrrole nitrogens is 1. The van der Waals surface area contributed by atoms with Crippen LogP contribution in [0.5, 0.6) is 0 Å². The minimum absolute atomic E-state index is 0.0774. The number of rotatable bonds is 1. The van der Waals surface area contributed by atoms with Gasteiger partial charge in [0.1, 0.15) is 5.82 Å². The van der Waals surface area contributed by atoms with E-state index in [0.717, 1.165) is 36.2 Å². The van der Waals surface area contributed by atoms with E-state index >= 15 is 0 Å². The van der Waals surface area contributed by atoms with E-state index in [0.29, 0.717) is 0 Å². The number of fused-ring (bicyclic) bond motifs is 1. The van der Waals surface area contributed by atoms with Crippen LogP contribution in [-0.4, -0.2) is 16.5 Å². The van der Waals surface area contributed by atoms with Gasteiger partial charge in [0.15, 0.2) is 0 Å². The fourth-order valence-electron chi connectivity index (χ4n) is 2.33. The second-order valence-electron chi connectivity index (χ2n) is 4.83. The Bertz CT molecular complexity index is 522. The van der Waals surface area contributed by atoms with Crippen molar-refractivity contribution in [1.29, 1.82) is 0 Å². The quantitative estimate of drug-likeness (QED) is 0.735. The maximum atomic E-state index is 4.70. The summed E-state index contributed by atoms with van der Waals surface area (Å²) < 4.78 is 0. The van der Waals surface area contributed by atoms with E-state index in [2.05, 4.69) is 35.4 Å². The number of imidazole rings is 1. The van der Waals surface area contributed by atoms with Gasteiger partial charge in [0, 0.05) is 0 Å². The summed E-state index contributed by atoms with van der Waals surface area (Å²) in [6.07, 6.45) is 6.55. The van der Waals surface area contributed by atoms with Crippen LogP contribution in [-0.2, 0) is 5.54 Å². The Morgan fingerprint density at radius 3 is 3.00 bits per heavy atom. The summed E-state index contributed by atoms with van der Waals surface area (Å²) in [6.45, 7) is 3.21. The Labute approximate surface area is 101 Å². The first-order valence-electron chi connectivity index (χ1n) is 6.13. The molecule has 0 fully saturated rings. The van der Waals surface area contributed by atoms with Crippen molar-refractivity contribution in [2.24, 2.45) is 0 Å². The second kappa shape index (κ2) is 4.00. The number of aromatic amines is 1. The molecule has 0 bridgehead atoms. The second-order valence-corrected chi connectivity index (χ2v) is 4.83. The molecule has 0 saturated carbocycles. The molecule has 1 aromatic carbocycles. The SMILES string of the molecule is C[C@]1(c2nc3ccccc3[nH]2)CC=CCCN1. The topological polar surface area (TPSA) is 40.7 Å². The van der Waals surface area contributed by atoms with Gasteiger partial charge in [-0.2, -0.15) is 0 Å². The number of para-hydroxylation sites is 2. The van der Waals surface area contributed by atoms with Crippen LogP contribution >= 0.6 is 0 Å². The van der Waals surface area contributed by atoms with E-state index in [-0.39, 0.29) is 5.54 Å². The van der Waals surface area contributed by atoms with E-state index in [1.807, 2.05) is 18.2 Å². The summed E-state index contributed by atoms with van der Waals surface area (Å²) in [4.78, 5) is 8.12. The highest BCUT2D eigenvalue weighted by molar-refractivity contribution is 5.74. The molecule has 0 aliphatic carbocycles. The van der Waals surface area contributed by atoms with Gasteiger partial charge in [-0.25, -0.2) is 4.98 Å². The third-order valence-corrected chi connectivity index (χ3v) is 3.43. The van der Waals surface area contributed by atoms with E-state index in [4.69, 9.17) is 4.98 Å². The molecule has 3 nitrogen and oxygen atoms in total. The van der Waals surface area contributed by atoms with Gasteiger partial charge in [0.2, 0.25) is 0 Å². The third kappa shape index (κ3) is 1.87. The summed E-state index contributed by atoms with van der Waals surface area (Å²) in [7, 11) is 0. The Morgan fingerprint density at radius 1 is 1.24 bits per heavy atom. The number of hydrogen-bond acceptors (Lipinski definition) is 2. The van der Waals surface area contributed by atoms with Crippen LogP contribution in [0.25, 0.3) is 11.0 Å². The van der Waals surface area contributed by atoms with Crippen molar-refractivity contribution in [3.05, 3.63) is 42.2 Å². The lowest BCUT2D eigenvalue weighted by Gasteiger charge is -2.26. The highest BCUT2D eigenvalue weighted by atomic mass is 15.1. The van der Waals surface area contributed by atoms with Crippen molar-refractivity contribution in [3.63, 3.8) is 0 Å². The van der Waals surface area contributed by atoms with Crippen LogP contribution in [0, 0.1) is 0 Å². The Morgan fingerprint density at radius 2 is 2.12 bits per heavy atom. The molecular weight excluding hydrogens is 210 g/mol. The number of benzene rings is 1. The van der Waals surface area contributed by atoms with Gasteiger partial charge in [0.05, 0.1) is 16.6 Å². The van der Waals surface area contributed by atoms with Gasteiger partial charge in [-0.15, -0.1) is 0 Å². The molecule has 88 valence electrons. The molecule has 2 heterocycles. The zero-order valence-corrected chi connectivity index (χ0v) is 10.0. The molecule has 0 radical (unpaired) electrons. The molecule has 3 rings (SSSR count). The Kier molecular flexibility index (Phi) is 2.48. The van der Waals surface area contributed by atoms with E-state index in [1.165, 1.54) is 0 Å². The first-order valence-corrected chi connectivity index (χ1v) is 6.13. The van der Waals surface area contributed by atoms with Crippen molar-refractivity contribution in [2.75, 3.05) is 6.54 Å². The standard InChI is InChI=1S/C14H17N3/c1-14(9-5-2-6-10-15-14)13-16-11-7-3-4-8-12(11)17-13/h2-5,7-8,15H,6,9-10H2,1H3,(H,16,17)/t14-/m1/s1. The van der Waals surface area contributed by atoms with Gasteiger partial charge in [-0.3, -0.25) is 0 Å². The number of aromatic nitrogens is 2. The predicted molar refractivity (Wildman–Crippen MR) is 69.8 cm³/mol. The molecule has 2 N–H and O–H groups in total. The third-order valence-electron chi connectivity index (χ3n) is 3.43. The fourth-order valence-corrected chi connectivity index (χ4v) is 2.33. The number of nitrogens with one attached hydrogen (secondary N) is 2. The van der Waals surface area contributed by atoms with Crippen molar-refractivity contribution >= 4 is 11.0 Å². The first-order chi connectivity index (χ1) is 8.28. The van der Waals surface area contributed by atoms with Crippen molar-refractivity contribution in [2.45, 2.75) is 25.3 Å². The van der Waals surface area contributed by atoms with Crippen molar-refractivity contribution in [1.82, 2.24) is 15.3 Å². The molecule has 1 atom stereocenters. The molecule has 0 amide bonds. The smallest absolute Gasteiger partial charge is 0.127 e. The minimum Gasteiger partial charge on any atom is -0.340 e. The van der Waals surface area contributed by atoms with Crippen molar-refractivity contribution < 1.29 is 0 Å². The largest absolute Gasteiger partial charge is 0.340 e. The average molecular weight is 227 g/mol. The summed E-state index contributed by atoms with van der Waals surface area (Å²) in [5.74, 6) is 1.03. The normalized spacial score (nSPS) is 25.0. The molecule has 1 aliphatic rings. The molecule has 1 aliphatic heterocycles. The van der Waals surface area contributed by atoms with Crippen LogP contribution < -0.4 is 5.32 Å². The van der Waals surface area contributed by atoms with Crippen LogP contribution in [0.2, 0.25) is 0 Å². The molecule has 0 unspecified atom stereocenters. The molecule has 1 aromatic heterocycles. The van der Waals surface area contributed by atoms with E-state index in [1.54, 1.807) is 0 Å². The van der Waals surface area contributed by atoms with Gasteiger partial charge >= 0.3 is 0 Å². The highest BCUT2D eigenvalue weighted by Gasteiger charge is 2.28. The number of hydrogen-bond donors (Lipinski definition) is 2. The molecular formula is C14H17N3. The van der Waals surface area contributed by atoms with Crippen LogP contribution in [0.15, 0.2) is 36.4 Å². The molecule has 0 spiro atoms. The Hall–Kier alpha value is -1.61. The van der Waals surface area contributed by atoms with Gasteiger partial charge < -0.3 is 10.3 Å². The first kappa shape index (κ1) is 10.5. The van der Waals surface area contributed by atoms with Crippen molar-refractivity contribution in [3.8, 4) is 0 Å². The summed E-state index contributed by atoms with van der Waals surface area (Å²) >= 11 is 0. The summed E-state index contributed by atoms with van der Waals surface area (Å²) in [5, 5.41) is 3.58. The predicted octanol–water partition coefficient (Wildman–Crippen LogP) is 2.72. The monoisotopic (exact) mass is 227 g/mol. The maximum absolute atomic E-state index is 4.70. The van der Waals surface area contributed by atoms with E-state index in [9.17, 15) is 0 Å². The van der Waals surface area contributed by atoms with Crippen LogP contribution in [0.1, 0.15) is 25.6 Å². The average Bonchev–Trinajstić information content (AvgIpc) is 2.66. The maximum Gasteiger partial charge on any atom is 0.127 e. The lowest BCUT2D eigenvalue weighted by Crippen LogP contribution is -2.39. The van der Waals surface area contributed by atoms with E-state index < -0.39 is 0 Å². The lowest BCUT2D eigenvalue weighted by molar-refractivity contribution is 0.363. The summed E-state index contributed by atoms with van der Waals surface area (Å²) in [6, 6.07) is 8.18. The van der Waals surface area contributed by atoms with Crippen LogP contribution in [0.3, 0.4) is 0 Å². The van der Waals surface area contributed by atoms with Gasteiger partial charge in [0.25, 0.3) is 0 Å². The molecule has 2 aromatic rings. The minimum atomic E-state index is -0.0774. The van der Waals surface area contributed by atoms with Crippen LogP contribution in [0.4, 0.5) is 0 Å². The molecule has 17 heavy (non-hydrogen) atoms. The molecule has 0 saturated heterocycles. The highest BCUT2D eigenvalue weighted by Crippen LogP contribution is 2.26. The zero-order chi connectivity index (χ0) is 11.7. The van der Waals surface area contributed by atoms with Gasteiger partial charge in [-0.1, -0.05) is 24.3 Å². The lowest BCUT2D eigenvalue weighted by atomic mass is 9.97.